The number of para-hydroxylation sites is 1. The highest BCUT2D eigenvalue weighted by molar-refractivity contribution is 5.99. The number of nitrogens with one attached hydrogen (secondary N) is 1. The Morgan fingerprint density at radius 1 is 1.08 bits per heavy atom. The number of nitrogens with zero attached hydrogens (tertiary/aromatic N) is 3. The molecule has 0 saturated carbocycles. The van der Waals surface area contributed by atoms with Crippen molar-refractivity contribution in [1.29, 1.82) is 0 Å². The molecule has 1 aromatic heterocycles. The molecular formula is C18H18N4O3. The van der Waals surface area contributed by atoms with E-state index in [0.717, 1.165) is 17.1 Å². The fourth-order valence-electron chi connectivity index (χ4n) is 3.09. The van der Waals surface area contributed by atoms with Crippen molar-refractivity contribution >= 4 is 17.8 Å². The lowest BCUT2D eigenvalue weighted by Crippen LogP contribution is -2.50. The average molecular weight is 338 g/mol. The van der Waals surface area contributed by atoms with Gasteiger partial charge >= 0.3 is 0 Å². The summed E-state index contributed by atoms with van der Waals surface area (Å²) in [6.45, 7) is 2.87. The first-order chi connectivity index (χ1) is 12.2. The lowest BCUT2D eigenvalue weighted by molar-refractivity contribution is -0.127. The zero-order chi connectivity index (χ0) is 17.2. The van der Waals surface area contributed by atoms with Gasteiger partial charge in [-0.15, -0.1) is 0 Å². The van der Waals surface area contributed by atoms with E-state index in [4.69, 9.17) is 4.74 Å². The van der Waals surface area contributed by atoms with Crippen LogP contribution in [0.4, 0.5) is 5.82 Å². The molecule has 0 spiro atoms. The van der Waals surface area contributed by atoms with E-state index in [9.17, 15) is 9.59 Å². The Labute approximate surface area is 144 Å². The Morgan fingerprint density at radius 2 is 1.88 bits per heavy atom. The van der Waals surface area contributed by atoms with E-state index in [2.05, 4.69) is 15.1 Å². The first-order valence-corrected chi connectivity index (χ1v) is 8.23. The number of amides is 1. The molecule has 1 amide bonds. The number of H-pyrrole nitrogens is 1. The Kier molecular flexibility index (Phi) is 3.97. The third kappa shape index (κ3) is 3.13. The molecule has 1 saturated heterocycles. The number of hydrogen-bond acceptors (Lipinski definition) is 5. The average Bonchev–Trinajstić information content (AvgIpc) is 2.68. The molecule has 0 atom stereocenters. The van der Waals surface area contributed by atoms with Gasteiger partial charge in [0.1, 0.15) is 18.2 Å². The van der Waals surface area contributed by atoms with Crippen LogP contribution in [-0.2, 0) is 4.79 Å². The summed E-state index contributed by atoms with van der Waals surface area (Å²) in [5, 5.41) is 6.48. The fourth-order valence-corrected chi connectivity index (χ4v) is 3.09. The fraction of sp³-hybridized carbons (Fsp3) is 0.278. The second-order valence-corrected chi connectivity index (χ2v) is 6.05. The maximum absolute atomic E-state index is 12.7. The van der Waals surface area contributed by atoms with E-state index < -0.39 is 0 Å². The Bertz CT molecular complexity index is 861. The van der Waals surface area contributed by atoms with Crippen molar-refractivity contribution in [2.24, 2.45) is 0 Å². The molecule has 1 N–H and O–H groups in total. The highest BCUT2D eigenvalue weighted by Gasteiger charge is 2.26. The number of ether oxygens (including phenoxy) is 1. The van der Waals surface area contributed by atoms with Crippen molar-refractivity contribution in [3.8, 4) is 5.75 Å². The van der Waals surface area contributed by atoms with Gasteiger partial charge in [0.05, 0.1) is 5.57 Å². The molecule has 3 heterocycles. The van der Waals surface area contributed by atoms with Gasteiger partial charge < -0.3 is 14.5 Å². The maximum Gasteiger partial charge on any atom is 0.264 e. The van der Waals surface area contributed by atoms with Gasteiger partial charge in [-0.3, -0.25) is 9.59 Å². The summed E-state index contributed by atoms with van der Waals surface area (Å²) in [6, 6.07) is 10.9. The lowest BCUT2D eigenvalue weighted by Gasteiger charge is -2.35. The number of aromatic amines is 1. The van der Waals surface area contributed by atoms with E-state index in [1.54, 1.807) is 6.07 Å². The molecule has 7 nitrogen and oxygen atoms in total. The zero-order valence-corrected chi connectivity index (χ0v) is 13.6. The first-order valence-electron chi connectivity index (χ1n) is 8.23. The van der Waals surface area contributed by atoms with Crippen LogP contribution in [-0.4, -0.2) is 53.8 Å². The molecule has 0 aliphatic carbocycles. The van der Waals surface area contributed by atoms with Gasteiger partial charge in [-0.25, -0.2) is 5.10 Å². The van der Waals surface area contributed by atoms with Gasteiger partial charge in [-0.2, -0.15) is 5.10 Å². The molecule has 4 rings (SSSR count). The van der Waals surface area contributed by atoms with E-state index in [-0.39, 0.29) is 11.5 Å². The summed E-state index contributed by atoms with van der Waals surface area (Å²) >= 11 is 0. The number of carbonyl (C=O) groups excluding carboxylic acids is 1. The van der Waals surface area contributed by atoms with Crippen molar-refractivity contribution in [1.82, 2.24) is 15.1 Å². The topological polar surface area (TPSA) is 78.5 Å². The van der Waals surface area contributed by atoms with E-state index >= 15 is 0 Å². The number of rotatable bonds is 2. The summed E-state index contributed by atoms with van der Waals surface area (Å²) in [5.41, 5.74) is 1.39. The summed E-state index contributed by atoms with van der Waals surface area (Å²) in [5.74, 6) is 1.55. The van der Waals surface area contributed by atoms with E-state index in [0.29, 0.717) is 38.4 Å². The van der Waals surface area contributed by atoms with Crippen LogP contribution in [0.25, 0.3) is 6.08 Å². The van der Waals surface area contributed by atoms with Crippen molar-refractivity contribution in [2.75, 3.05) is 37.7 Å². The molecule has 2 aliphatic rings. The predicted molar refractivity (Wildman–Crippen MR) is 93.6 cm³/mol. The van der Waals surface area contributed by atoms with Crippen LogP contribution >= 0.6 is 0 Å². The molecule has 0 radical (unpaired) electrons. The third-order valence-corrected chi connectivity index (χ3v) is 4.46. The van der Waals surface area contributed by atoms with Crippen molar-refractivity contribution in [3.63, 3.8) is 0 Å². The standard InChI is InChI=1S/C18H18N4O3/c23-17-6-5-16(19-20-17)21-7-9-22(10-8-21)18(24)14-11-13-3-1-2-4-15(13)25-12-14/h1-6,11H,7-10,12H2,(H,20,23). The van der Waals surface area contributed by atoms with Gasteiger partial charge in [-0.05, 0) is 18.2 Å². The van der Waals surface area contributed by atoms with Gasteiger partial charge in [0, 0.05) is 37.8 Å². The summed E-state index contributed by atoms with van der Waals surface area (Å²) < 4.78 is 5.68. The molecule has 128 valence electrons. The van der Waals surface area contributed by atoms with Crippen LogP contribution in [0.3, 0.4) is 0 Å². The SMILES string of the molecule is O=C(C1=Cc2ccccc2OC1)N1CCN(c2ccc(=O)[nH]n2)CC1. The second kappa shape index (κ2) is 6.43. The normalized spacial score (nSPS) is 16.7. The minimum absolute atomic E-state index is 0.0172. The quantitative estimate of drug-likeness (QED) is 0.880. The van der Waals surface area contributed by atoms with Crippen LogP contribution in [0.1, 0.15) is 5.56 Å². The summed E-state index contributed by atoms with van der Waals surface area (Å²) in [7, 11) is 0. The molecule has 25 heavy (non-hydrogen) atoms. The van der Waals surface area contributed by atoms with Crippen LogP contribution in [0.15, 0.2) is 46.8 Å². The van der Waals surface area contributed by atoms with E-state index in [1.807, 2.05) is 35.2 Å². The first kappa shape index (κ1) is 15.4. The van der Waals surface area contributed by atoms with Gasteiger partial charge in [0.25, 0.3) is 11.5 Å². The number of carbonyl (C=O) groups is 1. The third-order valence-electron chi connectivity index (χ3n) is 4.46. The maximum atomic E-state index is 12.7. The van der Waals surface area contributed by atoms with Crippen molar-refractivity contribution in [3.05, 3.63) is 57.9 Å². The van der Waals surface area contributed by atoms with Crippen molar-refractivity contribution in [2.45, 2.75) is 0 Å². The number of hydrogen-bond donors (Lipinski definition) is 1. The number of benzene rings is 1. The van der Waals surface area contributed by atoms with Gasteiger partial charge in [0.15, 0.2) is 0 Å². The number of piperazine rings is 1. The van der Waals surface area contributed by atoms with Gasteiger partial charge in [0.2, 0.25) is 0 Å². The number of fused-ring (bicyclic) bond motifs is 1. The molecule has 0 unspecified atom stereocenters. The Balaban J connectivity index is 1.43. The number of aromatic nitrogens is 2. The van der Waals surface area contributed by atoms with Gasteiger partial charge in [-0.1, -0.05) is 18.2 Å². The summed E-state index contributed by atoms with van der Waals surface area (Å²) in [6.07, 6.45) is 1.91. The molecule has 1 fully saturated rings. The molecule has 2 aliphatic heterocycles. The van der Waals surface area contributed by atoms with E-state index in [1.165, 1.54) is 6.07 Å². The minimum atomic E-state index is -0.220. The Hall–Kier alpha value is -3.09. The highest BCUT2D eigenvalue weighted by Crippen LogP contribution is 2.26. The monoisotopic (exact) mass is 338 g/mol. The molecular weight excluding hydrogens is 320 g/mol. The Morgan fingerprint density at radius 3 is 2.64 bits per heavy atom. The van der Waals surface area contributed by atoms with Crippen molar-refractivity contribution < 1.29 is 9.53 Å². The predicted octanol–water partition coefficient (Wildman–Crippen LogP) is 0.894. The molecule has 2 aromatic rings. The van der Waals surface area contributed by atoms with Crippen LogP contribution in [0, 0.1) is 0 Å². The van der Waals surface area contributed by atoms with Crippen LogP contribution in [0.2, 0.25) is 0 Å². The minimum Gasteiger partial charge on any atom is -0.488 e. The zero-order valence-electron chi connectivity index (χ0n) is 13.6. The van der Waals surface area contributed by atoms with Crippen LogP contribution in [0.5, 0.6) is 5.75 Å². The molecule has 0 bridgehead atoms. The number of anilines is 1. The van der Waals surface area contributed by atoms with Crippen LogP contribution < -0.4 is 15.2 Å². The smallest absolute Gasteiger partial charge is 0.264 e. The summed E-state index contributed by atoms with van der Waals surface area (Å²) in [4.78, 5) is 27.7. The largest absolute Gasteiger partial charge is 0.488 e. The molecule has 7 heteroatoms. The lowest BCUT2D eigenvalue weighted by atomic mass is 10.1. The second-order valence-electron chi connectivity index (χ2n) is 6.05. The molecule has 1 aromatic carbocycles. The highest BCUT2D eigenvalue weighted by atomic mass is 16.5.